The van der Waals surface area contributed by atoms with Gasteiger partial charge in [0.15, 0.2) is 0 Å². The molecule has 8 nitrogen and oxygen atoms in total. The van der Waals surface area contributed by atoms with Crippen molar-refractivity contribution in [2.24, 2.45) is 0 Å². The Bertz CT molecular complexity index is 851. The normalized spacial score (nSPS) is 18.1. The Morgan fingerprint density at radius 3 is 2.72 bits per heavy atom. The molecule has 4 rings (SSSR count). The van der Waals surface area contributed by atoms with E-state index in [2.05, 4.69) is 56.7 Å². The van der Waals surface area contributed by atoms with Crippen LogP contribution in [-0.2, 0) is 17.9 Å². The Balaban J connectivity index is 1.42. The lowest BCUT2D eigenvalue weighted by molar-refractivity contribution is 0.141. The summed E-state index contributed by atoms with van der Waals surface area (Å²) < 4.78 is 5.14. The van der Waals surface area contributed by atoms with Gasteiger partial charge in [0.25, 0.3) is 0 Å². The average molecular weight is 396 g/mol. The number of ether oxygens (including phenoxy) is 1. The van der Waals surface area contributed by atoms with Gasteiger partial charge in [-0.05, 0) is 25.0 Å². The zero-order chi connectivity index (χ0) is 20.2. The largest absolute Gasteiger partial charge is 0.444 e. The monoisotopic (exact) mass is 396 g/mol. The third kappa shape index (κ3) is 4.49. The van der Waals surface area contributed by atoms with Crippen LogP contribution < -0.4 is 15.5 Å². The second-order valence-corrected chi connectivity index (χ2v) is 7.48. The fourth-order valence-electron chi connectivity index (χ4n) is 3.70. The summed E-state index contributed by atoms with van der Waals surface area (Å²) >= 11 is 0. The molecule has 2 aromatic rings. The Morgan fingerprint density at radius 1 is 1.24 bits per heavy atom. The van der Waals surface area contributed by atoms with Gasteiger partial charge < -0.3 is 15.4 Å². The molecule has 0 unspecified atom stereocenters. The summed E-state index contributed by atoms with van der Waals surface area (Å²) in [5.74, 6) is 1.13. The van der Waals surface area contributed by atoms with Gasteiger partial charge in [-0.25, -0.2) is 9.78 Å². The summed E-state index contributed by atoms with van der Waals surface area (Å²) in [6.07, 6.45) is 1.36. The van der Waals surface area contributed by atoms with Crippen LogP contribution in [0.3, 0.4) is 0 Å². The number of amides is 1. The third-order valence-electron chi connectivity index (χ3n) is 5.43. The molecule has 1 atom stereocenters. The van der Waals surface area contributed by atoms with Gasteiger partial charge in [0.1, 0.15) is 12.4 Å². The number of rotatable bonds is 6. The molecule has 0 spiro atoms. The Labute approximate surface area is 171 Å². The predicted octanol–water partition coefficient (Wildman–Crippen LogP) is 2.53. The fourth-order valence-corrected chi connectivity index (χ4v) is 3.70. The zero-order valence-corrected chi connectivity index (χ0v) is 17.0. The van der Waals surface area contributed by atoms with E-state index in [0.717, 1.165) is 38.3 Å². The van der Waals surface area contributed by atoms with E-state index in [4.69, 9.17) is 4.74 Å². The molecule has 1 fully saturated rings. The lowest BCUT2D eigenvalue weighted by Gasteiger charge is -2.27. The van der Waals surface area contributed by atoms with Crippen LogP contribution in [-0.4, -0.2) is 53.7 Å². The molecule has 3 heterocycles. The average Bonchev–Trinajstić information content (AvgIpc) is 2.75. The van der Waals surface area contributed by atoms with Crippen molar-refractivity contribution in [1.82, 2.24) is 20.2 Å². The topological polar surface area (TPSA) is 82.6 Å². The summed E-state index contributed by atoms with van der Waals surface area (Å²) in [5, 5.41) is 6.73. The molecule has 1 amide bonds. The number of carbonyl (C=O) groups excluding carboxylic acids is 1. The molecule has 1 aromatic carbocycles. The quantitative estimate of drug-likeness (QED) is 0.776. The van der Waals surface area contributed by atoms with Gasteiger partial charge in [-0.3, -0.25) is 9.80 Å². The maximum atomic E-state index is 11.9. The van der Waals surface area contributed by atoms with Crippen molar-refractivity contribution >= 4 is 17.9 Å². The van der Waals surface area contributed by atoms with E-state index < -0.39 is 0 Å². The number of cyclic esters (lactones) is 1. The first-order chi connectivity index (χ1) is 14.1. The molecule has 0 aliphatic carbocycles. The van der Waals surface area contributed by atoms with Crippen molar-refractivity contribution in [1.29, 1.82) is 0 Å². The lowest BCUT2D eigenvalue weighted by Crippen LogP contribution is -2.42. The summed E-state index contributed by atoms with van der Waals surface area (Å²) in [6.45, 7) is 10.0. The van der Waals surface area contributed by atoms with Crippen LogP contribution in [0.25, 0.3) is 0 Å². The number of piperazine rings is 1. The minimum Gasteiger partial charge on any atom is -0.444 e. The fraction of sp³-hybridized carbons (Fsp3) is 0.476. The maximum absolute atomic E-state index is 11.9. The lowest BCUT2D eigenvalue weighted by atomic mass is 10.1. The predicted molar refractivity (Wildman–Crippen MR) is 112 cm³/mol. The SMILES string of the molecule is CCN1C(=O)OCc2cnc(N[C@@H](C)c3ccc(CN4CCNCC4)cc3)nc21. The molecule has 0 saturated carbocycles. The molecule has 0 radical (unpaired) electrons. The molecular formula is C21H28N6O2. The van der Waals surface area contributed by atoms with Crippen molar-refractivity contribution in [2.75, 3.05) is 42.9 Å². The zero-order valence-electron chi connectivity index (χ0n) is 17.0. The third-order valence-corrected chi connectivity index (χ3v) is 5.43. The summed E-state index contributed by atoms with van der Waals surface area (Å²) in [4.78, 5) is 24.9. The summed E-state index contributed by atoms with van der Waals surface area (Å²) in [6, 6.07) is 8.75. The van der Waals surface area contributed by atoms with Crippen LogP contribution in [0.5, 0.6) is 0 Å². The number of nitrogens with one attached hydrogen (secondary N) is 2. The highest BCUT2D eigenvalue weighted by atomic mass is 16.6. The molecule has 0 bridgehead atoms. The standard InChI is InChI=1S/C21H28N6O2/c1-3-27-19-18(14-29-21(27)28)12-23-20(25-19)24-15(2)17-6-4-16(5-7-17)13-26-10-8-22-9-11-26/h4-7,12,15,22H,3,8-11,13-14H2,1-2H3,(H,23,24,25)/t15-/m0/s1. The number of benzene rings is 1. The van der Waals surface area contributed by atoms with Gasteiger partial charge in [0, 0.05) is 45.5 Å². The van der Waals surface area contributed by atoms with Gasteiger partial charge in [-0.15, -0.1) is 0 Å². The molecule has 154 valence electrons. The number of anilines is 2. The van der Waals surface area contributed by atoms with E-state index in [1.807, 2.05) is 6.92 Å². The number of nitrogens with zero attached hydrogens (tertiary/aromatic N) is 4. The highest BCUT2D eigenvalue weighted by Gasteiger charge is 2.26. The molecule has 2 N–H and O–H groups in total. The highest BCUT2D eigenvalue weighted by Crippen LogP contribution is 2.26. The van der Waals surface area contributed by atoms with Crippen LogP contribution in [0.2, 0.25) is 0 Å². The highest BCUT2D eigenvalue weighted by molar-refractivity contribution is 5.89. The number of hydrogen-bond acceptors (Lipinski definition) is 7. The van der Waals surface area contributed by atoms with Crippen molar-refractivity contribution in [3.05, 3.63) is 47.2 Å². The van der Waals surface area contributed by atoms with E-state index in [1.54, 1.807) is 6.20 Å². The Hall–Kier alpha value is -2.71. The van der Waals surface area contributed by atoms with Crippen LogP contribution >= 0.6 is 0 Å². The van der Waals surface area contributed by atoms with Crippen LogP contribution in [0.1, 0.15) is 36.6 Å². The molecule has 2 aliphatic rings. The van der Waals surface area contributed by atoms with E-state index >= 15 is 0 Å². The molecule has 8 heteroatoms. The van der Waals surface area contributed by atoms with E-state index in [-0.39, 0.29) is 18.7 Å². The smallest absolute Gasteiger partial charge is 0.415 e. The Morgan fingerprint density at radius 2 is 2.00 bits per heavy atom. The van der Waals surface area contributed by atoms with Gasteiger partial charge >= 0.3 is 6.09 Å². The number of hydrogen-bond donors (Lipinski definition) is 2. The minimum absolute atomic E-state index is 0.0481. The Kier molecular flexibility index (Phi) is 5.92. The molecule has 29 heavy (non-hydrogen) atoms. The second kappa shape index (κ2) is 8.75. The number of aromatic nitrogens is 2. The van der Waals surface area contributed by atoms with Gasteiger partial charge in [0.2, 0.25) is 5.95 Å². The van der Waals surface area contributed by atoms with E-state index in [0.29, 0.717) is 18.3 Å². The first-order valence-electron chi connectivity index (χ1n) is 10.2. The van der Waals surface area contributed by atoms with Gasteiger partial charge in [-0.1, -0.05) is 24.3 Å². The first-order valence-corrected chi connectivity index (χ1v) is 10.2. The summed E-state index contributed by atoms with van der Waals surface area (Å²) in [5.41, 5.74) is 3.31. The molecule has 2 aliphatic heterocycles. The first kappa shape index (κ1) is 19.6. The maximum Gasteiger partial charge on any atom is 0.415 e. The minimum atomic E-state index is -0.363. The van der Waals surface area contributed by atoms with E-state index in [1.165, 1.54) is 16.0 Å². The van der Waals surface area contributed by atoms with Crippen molar-refractivity contribution in [2.45, 2.75) is 33.0 Å². The summed E-state index contributed by atoms with van der Waals surface area (Å²) in [7, 11) is 0. The van der Waals surface area contributed by atoms with E-state index in [9.17, 15) is 4.79 Å². The molecule has 1 aromatic heterocycles. The second-order valence-electron chi connectivity index (χ2n) is 7.48. The van der Waals surface area contributed by atoms with Crippen LogP contribution in [0.15, 0.2) is 30.5 Å². The van der Waals surface area contributed by atoms with Gasteiger partial charge in [0.05, 0.1) is 11.6 Å². The molecular weight excluding hydrogens is 368 g/mol. The van der Waals surface area contributed by atoms with Crippen LogP contribution in [0, 0.1) is 0 Å². The van der Waals surface area contributed by atoms with Gasteiger partial charge in [-0.2, -0.15) is 4.98 Å². The van der Waals surface area contributed by atoms with Crippen LogP contribution in [0.4, 0.5) is 16.6 Å². The number of carbonyl (C=O) groups is 1. The molecule has 1 saturated heterocycles. The van der Waals surface area contributed by atoms with Crippen molar-refractivity contribution < 1.29 is 9.53 Å². The van der Waals surface area contributed by atoms with Crippen molar-refractivity contribution in [3.8, 4) is 0 Å². The number of fused-ring (bicyclic) bond motifs is 1. The van der Waals surface area contributed by atoms with Crippen molar-refractivity contribution in [3.63, 3.8) is 0 Å².